The Kier molecular flexibility index (Phi) is 3.76. The molecule has 0 aromatic rings. The molecule has 13 heavy (non-hydrogen) atoms. The lowest BCUT2D eigenvalue weighted by atomic mass is 9.90. The van der Waals surface area contributed by atoms with Crippen LogP contribution < -0.4 is 0 Å². The second-order valence-electron chi connectivity index (χ2n) is 4.26. The Balaban J connectivity index is 1.97. The lowest BCUT2D eigenvalue weighted by molar-refractivity contribution is -0.189. The second kappa shape index (κ2) is 4.64. The average molecular weight is 184 g/mol. The molecule has 1 saturated heterocycles. The average Bonchev–Trinajstić information content (AvgIpc) is 2.02. The molecule has 0 aromatic heterocycles. The Labute approximate surface area is 80.7 Å². The van der Waals surface area contributed by atoms with E-state index in [1.807, 2.05) is 6.92 Å². The number of ether oxygens (including phenoxy) is 1. The maximum atomic E-state index is 10.6. The fourth-order valence-electron chi connectivity index (χ4n) is 1.81. The molecule has 2 nitrogen and oxygen atoms in total. The topological polar surface area (TPSA) is 26.3 Å². The minimum absolute atomic E-state index is 0.0314. The van der Waals surface area contributed by atoms with Crippen molar-refractivity contribution >= 4 is 5.97 Å². The fourth-order valence-corrected chi connectivity index (χ4v) is 1.81. The van der Waals surface area contributed by atoms with E-state index < -0.39 is 0 Å². The van der Waals surface area contributed by atoms with Crippen molar-refractivity contribution in [2.75, 3.05) is 0 Å². The molecule has 1 heterocycles. The number of hydrogen-bond acceptors (Lipinski definition) is 2. The third-order valence-electron chi connectivity index (χ3n) is 2.69. The van der Waals surface area contributed by atoms with Crippen LogP contribution in [-0.2, 0) is 9.53 Å². The molecule has 0 bridgehead atoms. The van der Waals surface area contributed by atoms with E-state index in [4.69, 9.17) is 4.74 Å². The minimum atomic E-state index is -0.108. The third-order valence-corrected chi connectivity index (χ3v) is 2.69. The summed E-state index contributed by atoms with van der Waals surface area (Å²) in [6.07, 6.45) is 8.08. The molecular formula is C11H20O2. The molecule has 0 amide bonds. The van der Waals surface area contributed by atoms with Gasteiger partial charge in [-0.1, -0.05) is 32.6 Å². The molecule has 1 rings (SSSR count). The first kappa shape index (κ1) is 10.6. The van der Waals surface area contributed by atoms with Gasteiger partial charge in [0.25, 0.3) is 0 Å². The van der Waals surface area contributed by atoms with Gasteiger partial charge >= 0.3 is 5.97 Å². The van der Waals surface area contributed by atoms with Crippen molar-refractivity contribution in [3.63, 3.8) is 0 Å². The third kappa shape index (κ3) is 3.37. The van der Waals surface area contributed by atoms with Crippen LogP contribution in [0.5, 0.6) is 0 Å². The Hall–Kier alpha value is -0.530. The highest BCUT2D eigenvalue weighted by Gasteiger charge is 2.40. The van der Waals surface area contributed by atoms with Gasteiger partial charge in [0, 0.05) is 0 Å². The van der Waals surface area contributed by atoms with Crippen molar-refractivity contribution < 1.29 is 9.53 Å². The van der Waals surface area contributed by atoms with E-state index >= 15 is 0 Å². The van der Waals surface area contributed by atoms with E-state index in [0.717, 1.165) is 6.42 Å². The summed E-state index contributed by atoms with van der Waals surface area (Å²) in [5.74, 6) is -0.0314. The molecule has 1 fully saturated rings. The Morgan fingerprint density at radius 3 is 2.46 bits per heavy atom. The maximum absolute atomic E-state index is 10.6. The zero-order chi connectivity index (χ0) is 9.73. The molecule has 0 N–H and O–H groups in total. The van der Waals surface area contributed by atoms with Gasteiger partial charge in [-0.2, -0.15) is 0 Å². The van der Waals surface area contributed by atoms with Crippen LogP contribution in [0.2, 0.25) is 0 Å². The maximum Gasteiger partial charge on any atom is 0.310 e. The summed E-state index contributed by atoms with van der Waals surface area (Å²) >= 11 is 0. The molecule has 1 atom stereocenters. The first-order chi connectivity index (χ1) is 6.16. The van der Waals surface area contributed by atoms with E-state index in [1.165, 1.54) is 32.1 Å². The molecule has 1 aliphatic heterocycles. The van der Waals surface area contributed by atoms with Crippen LogP contribution in [0.1, 0.15) is 58.8 Å². The predicted molar refractivity (Wildman–Crippen MR) is 52.5 cm³/mol. The van der Waals surface area contributed by atoms with Crippen molar-refractivity contribution in [3.05, 3.63) is 0 Å². The van der Waals surface area contributed by atoms with Crippen molar-refractivity contribution in [2.45, 2.75) is 64.4 Å². The van der Waals surface area contributed by atoms with Gasteiger partial charge in [0.15, 0.2) is 0 Å². The van der Waals surface area contributed by atoms with E-state index in [2.05, 4.69) is 6.92 Å². The summed E-state index contributed by atoms with van der Waals surface area (Å²) in [6.45, 7) is 4.25. The van der Waals surface area contributed by atoms with Gasteiger partial charge in [0.1, 0.15) is 5.60 Å². The Bertz CT molecular complexity index is 167. The van der Waals surface area contributed by atoms with Crippen LogP contribution in [0.4, 0.5) is 0 Å². The van der Waals surface area contributed by atoms with Crippen molar-refractivity contribution in [3.8, 4) is 0 Å². The highest BCUT2D eigenvalue weighted by molar-refractivity contribution is 5.76. The lowest BCUT2D eigenvalue weighted by Crippen LogP contribution is -2.44. The van der Waals surface area contributed by atoms with Gasteiger partial charge in [-0.3, -0.25) is 4.79 Å². The number of cyclic esters (lactones) is 1. The van der Waals surface area contributed by atoms with E-state index in [9.17, 15) is 4.79 Å². The van der Waals surface area contributed by atoms with Gasteiger partial charge < -0.3 is 4.74 Å². The Morgan fingerprint density at radius 1 is 1.31 bits per heavy atom. The van der Waals surface area contributed by atoms with Crippen LogP contribution in [-0.4, -0.2) is 11.6 Å². The molecule has 76 valence electrons. The van der Waals surface area contributed by atoms with Crippen LogP contribution >= 0.6 is 0 Å². The molecule has 0 aromatic carbocycles. The van der Waals surface area contributed by atoms with Crippen molar-refractivity contribution in [1.82, 2.24) is 0 Å². The first-order valence-electron chi connectivity index (χ1n) is 5.38. The van der Waals surface area contributed by atoms with Crippen LogP contribution in [0.15, 0.2) is 0 Å². The quantitative estimate of drug-likeness (QED) is 0.468. The van der Waals surface area contributed by atoms with Crippen molar-refractivity contribution in [2.24, 2.45) is 0 Å². The highest BCUT2D eigenvalue weighted by Crippen LogP contribution is 2.32. The number of carbonyl (C=O) groups is 1. The zero-order valence-electron chi connectivity index (χ0n) is 8.77. The Morgan fingerprint density at radius 2 is 1.92 bits per heavy atom. The van der Waals surface area contributed by atoms with Gasteiger partial charge in [-0.15, -0.1) is 0 Å². The van der Waals surface area contributed by atoms with Gasteiger partial charge in [0.2, 0.25) is 0 Å². The fraction of sp³-hybridized carbons (Fsp3) is 0.909. The van der Waals surface area contributed by atoms with E-state index in [0.29, 0.717) is 6.42 Å². The molecule has 0 saturated carbocycles. The standard InChI is InChI=1S/C11H20O2/c1-3-4-5-6-7-8-11(2)9-10(12)13-11/h3-9H2,1-2H3/t11-/m0/s1. The second-order valence-corrected chi connectivity index (χ2v) is 4.26. The number of hydrogen-bond donors (Lipinski definition) is 0. The summed E-state index contributed by atoms with van der Waals surface area (Å²) in [5, 5.41) is 0. The van der Waals surface area contributed by atoms with Crippen LogP contribution in [0.25, 0.3) is 0 Å². The smallest absolute Gasteiger partial charge is 0.310 e. The van der Waals surface area contributed by atoms with Crippen LogP contribution in [0, 0.1) is 0 Å². The molecule has 0 aliphatic carbocycles. The summed E-state index contributed by atoms with van der Waals surface area (Å²) in [6, 6.07) is 0. The van der Waals surface area contributed by atoms with Gasteiger partial charge in [0.05, 0.1) is 6.42 Å². The molecule has 0 unspecified atom stereocenters. The van der Waals surface area contributed by atoms with Gasteiger partial charge in [-0.05, 0) is 19.8 Å². The molecule has 0 radical (unpaired) electrons. The van der Waals surface area contributed by atoms with Crippen molar-refractivity contribution in [1.29, 1.82) is 0 Å². The molecule has 0 spiro atoms. The number of esters is 1. The summed E-state index contributed by atoms with van der Waals surface area (Å²) in [5.41, 5.74) is -0.108. The summed E-state index contributed by atoms with van der Waals surface area (Å²) < 4.78 is 5.09. The molecule has 2 heteroatoms. The highest BCUT2D eigenvalue weighted by atomic mass is 16.6. The van der Waals surface area contributed by atoms with E-state index in [1.54, 1.807) is 0 Å². The number of carbonyl (C=O) groups excluding carboxylic acids is 1. The molecule has 1 aliphatic rings. The summed E-state index contributed by atoms with van der Waals surface area (Å²) in [7, 11) is 0. The normalized spacial score (nSPS) is 26.8. The zero-order valence-corrected chi connectivity index (χ0v) is 8.77. The van der Waals surface area contributed by atoms with Gasteiger partial charge in [-0.25, -0.2) is 0 Å². The van der Waals surface area contributed by atoms with Crippen LogP contribution in [0.3, 0.4) is 0 Å². The predicted octanol–water partition coefficient (Wildman–Crippen LogP) is 3.05. The molecular weight excluding hydrogens is 164 g/mol. The number of unbranched alkanes of at least 4 members (excludes halogenated alkanes) is 4. The van der Waals surface area contributed by atoms with E-state index in [-0.39, 0.29) is 11.6 Å². The largest absolute Gasteiger partial charge is 0.459 e. The minimum Gasteiger partial charge on any atom is -0.459 e. The first-order valence-corrected chi connectivity index (χ1v) is 5.38. The summed E-state index contributed by atoms with van der Waals surface area (Å²) in [4.78, 5) is 10.6. The number of rotatable bonds is 6. The monoisotopic (exact) mass is 184 g/mol. The SMILES string of the molecule is CCCCCCC[C@@]1(C)CC(=O)O1. The lowest BCUT2D eigenvalue weighted by Gasteiger charge is -2.37.